The quantitative estimate of drug-likeness (QED) is 0.855. The lowest BCUT2D eigenvalue weighted by atomic mass is 10.0. The number of carboxylic acid groups (broad SMARTS) is 1. The predicted octanol–water partition coefficient (Wildman–Crippen LogP) is 1.50. The first kappa shape index (κ1) is 14.8. The summed E-state index contributed by atoms with van der Waals surface area (Å²) in [5, 5.41) is 12.5. The van der Waals surface area contributed by atoms with Gasteiger partial charge in [-0.25, -0.2) is 0 Å². The van der Waals surface area contributed by atoms with Crippen molar-refractivity contribution in [2.24, 2.45) is 0 Å². The molecule has 1 heterocycles. The molecule has 1 saturated heterocycles. The summed E-state index contributed by atoms with van der Waals surface area (Å²) in [5.41, 5.74) is 1.04. The van der Waals surface area contributed by atoms with Gasteiger partial charge in [0.05, 0.1) is 6.61 Å². The van der Waals surface area contributed by atoms with Crippen LogP contribution in [0.5, 0.6) is 5.75 Å². The van der Waals surface area contributed by atoms with Gasteiger partial charge in [0, 0.05) is 31.2 Å². The van der Waals surface area contributed by atoms with Crippen LogP contribution in [0.1, 0.15) is 25.5 Å². The lowest BCUT2D eigenvalue weighted by Crippen LogP contribution is -2.55. The van der Waals surface area contributed by atoms with Gasteiger partial charge in [-0.3, -0.25) is 9.69 Å². The third kappa shape index (κ3) is 3.11. The van der Waals surface area contributed by atoms with Crippen molar-refractivity contribution in [2.75, 3.05) is 26.2 Å². The fourth-order valence-electron chi connectivity index (χ4n) is 2.70. The largest absolute Gasteiger partial charge is 0.494 e. The van der Waals surface area contributed by atoms with Crippen LogP contribution in [0.25, 0.3) is 0 Å². The van der Waals surface area contributed by atoms with Crippen molar-refractivity contribution in [3.05, 3.63) is 29.8 Å². The van der Waals surface area contributed by atoms with E-state index in [2.05, 4.69) is 5.32 Å². The van der Waals surface area contributed by atoms with Crippen molar-refractivity contribution in [1.29, 1.82) is 0 Å². The maximum atomic E-state index is 11.4. The van der Waals surface area contributed by atoms with Gasteiger partial charge in [-0.05, 0) is 19.9 Å². The van der Waals surface area contributed by atoms with Crippen LogP contribution in [-0.2, 0) is 4.79 Å². The molecule has 0 radical (unpaired) electrons. The Morgan fingerprint density at radius 1 is 1.55 bits per heavy atom. The molecule has 110 valence electrons. The third-order valence-corrected chi connectivity index (χ3v) is 3.74. The van der Waals surface area contributed by atoms with Crippen molar-refractivity contribution >= 4 is 5.97 Å². The van der Waals surface area contributed by atoms with E-state index in [9.17, 15) is 9.90 Å². The van der Waals surface area contributed by atoms with Gasteiger partial charge in [-0.15, -0.1) is 0 Å². The van der Waals surface area contributed by atoms with Crippen molar-refractivity contribution < 1.29 is 14.6 Å². The maximum Gasteiger partial charge on any atom is 0.322 e. The molecule has 0 saturated carbocycles. The fourth-order valence-corrected chi connectivity index (χ4v) is 2.70. The Balaban J connectivity index is 2.24. The van der Waals surface area contributed by atoms with Gasteiger partial charge in [0.2, 0.25) is 0 Å². The van der Waals surface area contributed by atoms with Gasteiger partial charge in [0.25, 0.3) is 0 Å². The summed E-state index contributed by atoms with van der Waals surface area (Å²) >= 11 is 0. The molecule has 5 heteroatoms. The third-order valence-electron chi connectivity index (χ3n) is 3.74. The summed E-state index contributed by atoms with van der Waals surface area (Å²) in [6, 6.07) is 7.37. The average Bonchev–Trinajstić information content (AvgIpc) is 2.47. The van der Waals surface area contributed by atoms with Gasteiger partial charge in [-0.1, -0.05) is 18.2 Å². The first-order valence-corrected chi connectivity index (χ1v) is 7.06. The van der Waals surface area contributed by atoms with Gasteiger partial charge in [0.1, 0.15) is 11.8 Å². The molecule has 0 amide bonds. The number of benzene rings is 1. The maximum absolute atomic E-state index is 11.4. The summed E-state index contributed by atoms with van der Waals surface area (Å²) in [6.45, 7) is 6.61. The number of rotatable bonds is 5. The number of para-hydroxylation sites is 1. The molecule has 2 atom stereocenters. The fraction of sp³-hybridized carbons (Fsp3) is 0.533. The summed E-state index contributed by atoms with van der Waals surface area (Å²) in [6.07, 6.45) is 0. The van der Waals surface area contributed by atoms with E-state index in [-0.39, 0.29) is 6.04 Å². The van der Waals surface area contributed by atoms with E-state index in [1.54, 1.807) is 0 Å². The summed E-state index contributed by atoms with van der Waals surface area (Å²) in [4.78, 5) is 13.4. The Hall–Kier alpha value is -1.59. The van der Waals surface area contributed by atoms with Crippen molar-refractivity contribution in [1.82, 2.24) is 10.2 Å². The molecule has 2 N–H and O–H groups in total. The highest BCUT2D eigenvalue weighted by atomic mass is 16.5. The predicted molar refractivity (Wildman–Crippen MR) is 77.0 cm³/mol. The van der Waals surface area contributed by atoms with Crippen LogP contribution in [0.15, 0.2) is 24.3 Å². The Bertz CT molecular complexity index is 464. The molecule has 0 bridgehead atoms. The molecule has 1 aromatic rings. The standard InChI is InChI=1S/C15H22N2O3/c1-3-20-14-7-5-4-6-12(14)11(2)17-9-8-16-10-13(17)15(18)19/h4-7,11,13,16H,3,8-10H2,1-2H3,(H,18,19). The van der Waals surface area contributed by atoms with Crippen molar-refractivity contribution in [3.63, 3.8) is 0 Å². The zero-order chi connectivity index (χ0) is 14.5. The number of nitrogens with one attached hydrogen (secondary N) is 1. The molecule has 2 rings (SSSR count). The van der Waals surface area contributed by atoms with Crippen LogP contribution >= 0.6 is 0 Å². The monoisotopic (exact) mass is 278 g/mol. The van der Waals surface area contributed by atoms with Gasteiger partial charge >= 0.3 is 5.97 Å². The molecule has 1 aliphatic rings. The Morgan fingerprint density at radius 3 is 3.00 bits per heavy atom. The molecule has 0 aliphatic carbocycles. The molecule has 1 fully saturated rings. The van der Waals surface area contributed by atoms with E-state index < -0.39 is 12.0 Å². The zero-order valence-electron chi connectivity index (χ0n) is 12.0. The lowest BCUT2D eigenvalue weighted by Gasteiger charge is -2.38. The molecule has 2 unspecified atom stereocenters. The summed E-state index contributed by atoms with van der Waals surface area (Å²) in [7, 11) is 0. The van der Waals surface area contributed by atoms with E-state index in [1.165, 1.54) is 0 Å². The molecule has 1 aromatic carbocycles. The Labute approximate surface area is 119 Å². The van der Waals surface area contributed by atoms with Crippen LogP contribution < -0.4 is 10.1 Å². The topological polar surface area (TPSA) is 61.8 Å². The van der Waals surface area contributed by atoms with E-state index >= 15 is 0 Å². The number of carboxylic acids is 1. The van der Waals surface area contributed by atoms with Crippen molar-refractivity contribution in [3.8, 4) is 5.75 Å². The number of carbonyl (C=O) groups is 1. The molecule has 0 aromatic heterocycles. The Morgan fingerprint density at radius 2 is 2.30 bits per heavy atom. The summed E-state index contributed by atoms with van der Waals surface area (Å²) in [5.74, 6) is 0.0584. The molecule has 5 nitrogen and oxygen atoms in total. The van der Waals surface area contributed by atoms with Gasteiger partial charge < -0.3 is 15.2 Å². The molecule has 1 aliphatic heterocycles. The molecule has 0 spiro atoms. The smallest absolute Gasteiger partial charge is 0.322 e. The second kappa shape index (κ2) is 6.72. The number of piperazine rings is 1. The van der Waals surface area contributed by atoms with Gasteiger partial charge in [0.15, 0.2) is 0 Å². The number of aliphatic carboxylic acids is 1. The second-order valence-electron chi connectivity index (χ2n) is 4.94. The number of ether oxygens (including phenoxy) is 1. The zero-order valence-corrected chi connectivity index (χ0v) is 12.0. The number of nitrogens with zero attached hydrogens (tertiary/aromatic N) is 1. The van der Waals surface area contributed by atoms with Crippen LogP contribution in [0, 0.1) is 0 Å². The second-order valence-corrected chi connectivity index (χ2v) is 4.94. The van der Waals surface area contributed by atoms with Crippen LogP contribution in [0.2, 0.25) is 0 Å². The van der Waals surface area contributed by atoms with E-state index in [0.717, 1.165) is 24.4 Å². The van der Waals surface area contributed by atoms with E-state index in [0.29, 0.717) is 13.2 Å². The highest BCUT2D eigenvalue weighted by molar-refractivity contribution is 5.74. The molecular weight excluding hydrogens is 256 g/mol. The molecule has 20 heavy (non-hydrogen) atoms. The van der Waals surface area contributed by atoms with Crippen molar-refractivity contribution in [2.45, 2.75) is 25.9 Å². The minimum Gasteiger partial charge on any atom is -0.494 e. The lowest BCUT2D eigenvalue weighted by molar-refractivity contribution is -0.145. The first-order valence-electron chi connectivity index (χ1n) is 7.06. The minimum atomic E-state index is -0.780. The Kier molecular flexibility index (Phi) is 4.98. The van der Waals surface area contributed by atoms with Crippen LogP contribution in [0.4, 0.5) is 0 Å². The van der Waals surface area contributed by atoms with Crippen LogP contribution in [0.3, 0.4) is 0 Å². The van der Waals surface area contributed by atoms with E-state index in [4.69, 9.17) is 4.74 Å². The van der Waals surface area contributed by atoms with Gasteiger partial charge in [-0.2, -0.15) is 0 Å². The van der Waals surface area contributed by atoms with E-state index in [1.807, 2.05) is 43.0 Å². The number of hydrogen-bond donors (Lipinski definition) is 2. The highest BCUT2D eigenvalue weighted by Gasteiger charge is 2.33. The highest BCUT2D eigenvalue weighted by Crippen LogP contribution is 2.30. The molecular formula is C15H22N2O3. The first-order chi connectivity index (χ1) is 9.65. The normalized spacial score (nSPS) is 21.4. The summed E-state index contributed by atoms with van der Waals surface area (Å²) < 4.78 is 5.65. The average molecular weight is 278 g/mol. The SMILES string of the molecule is CCOc1ccccc1C(C)N1CCNCC1C(=O)O. The van der Waals surface area contributed by atoms with Crippen LogP contribution in [-0.4, -0.2) is 48.3 Å². The minimum absolute atomic E-state index is 0.0148. The number of hydrogen-bond acceptors (Lipinski definition) is 4.